The maximum Gasteiger partial charge on any atom is 0.231 e. The van der Waals surface area contributed by atoms with Crippen molar-refractivity contribution in [3.05, 3.63) is 53.6 Å². The molecule has 3 N–H and O–H groups in total. The Labute approximate surface area is 199 Å². The Morgan fingerprint density at radius 3 is 2.41 bits per heavy atom. The van der Waals surface area contributed by atoms with Crippen LogP contribution in [-0.2, 0) is 13.1 Å². The molecule has 9 nitrogen and oxygen atoms in total. The lowest BCUT2D eigenvalue weighted by molar-refractivity contribution is 0.174. The third kappa shape index (κ3) is 5.41. The van der Waals surface area contributed by atoms with Crippen LogP contribution >= 0.6 is 0 Å². The van der Waals surface area contributed by atoms with E-state index in [0.29, 0.717) is 37.0 Å². The van der Waals surface area contributed by atoms with Crippen molar-refractivity contribution in [3.8, 4) is 17.2 Å². The standard InChI is InChI=1S/C25H30N6O3/c1-32-20-10-6-5-7-18(20)15-27-24-29-23(30-25(31-24)28-19-8-3-2-4-9-19)26-14-17-11-12-21-22(13-17)34-16-33-21/h5-7,10-13,19H,2-4,8-9,14-16H2,1H3,(H3,26,27,28,29,30,31). The molecule has 0 spiro atoms. The largest absolute Gasteiger partial charge is 0.496 e. The highest BCUT2D eigenvalue weighted by atomic mass is 16.7. The molecule has 2 aromatic carbocycles. The Morgan fingerprint density at radius 1 is 0.853 bits per heavy atom. The van der Waals surface area contributed by atoms with Gasteiger partial charge in [0.05, 0.1) is 7.11 Å². The van der Waals surface area contributed by atoms with Gasteiger partial charge >= 0.3 is 0 Å². The zero-order valence-corrected chi connectivity index (χ0v) is 19.3. The molecular weight excluding hydrogens is 432 g/mol. The summed E-state index contributed by atoms with van der Waals surface area (Å²) in [5, 5.41) is 10.2. The van der Waals surface area contributed by atoms with E-state index in [1.54, 1.807) is 7.11 Å². The summed E-state index contributed by atoms with van der Waals surface area (Å²) in [5.41, 5.74) is 2.08. The Hall–Kier alpha value is -3.75. The first-order chi connectivity index (χ1) is 16.8. The fourth-order valence-electron chi connectivity index (χ4n) is 4.28. The van der Waals surface area contributed by atoms with E-state index in [1.165, 1.54) is 19.3 Å². The van der Waals surface area contributed by atoms with Gasteiger partial charge in [-0.25, -0.2) is 0 Å². The second-order valence-electron chi connectivity index (χ2n) is 8.49. The second-order valence-corrected chi connectivity index (χ2v) is 8.49. The van der Waals surface area contributed by atoms with Crippen molar-refractivity contribution in [2.75, 3.05) is 29.9 Å². The van der Waals surface area contributed by atoms with Crippen molar-refractivity contribution in [1.82, 2.24) is 15.0 Å². The molecule has 2 aliphatic rings. The van der Waals surface area contributed by atoms with Crippen LogP contribution in [0.3, 0.4) is 0 Å². The van der Waals surface area contributed by atoms with Gasteiger partial charge in [0, 0.05) is 24.7 Å². The molecule has 1 aliphatic carbocycles. The molecule has 2 heterocycles. The third-order valence-corrected chi connectivity index (χ3v) is 6.09. The quantitative estimate of drug-likeness (QED) is 0.422. The minimum Gasteiger partial charge on any atom is -0.496 e. The molecule has 1 fully saturated rings. The normalized spacial score (nSPS) is 15.1. The number of ether oxygens (including phenoxy) is 3. The molecule has 0 radical (unpaired) electrons. The summed E-state index contributed by atoms with van der Waals surface area (Å²) in [4.78, 5) is 13.9. The van der Waals surface area contributed by atoms with Crippen molar-refractivity contribution < 1.29 is 14.2 Å². The lowest BCUT2D eigenvalue weighted by atomic mass is 9.96. The molecule has 0 amide bonds. The number of rotatable bonds is 9. The number of aromatic nitrogens is 3. The first-order valence-electron chi connectivity index (χ1n) is 11.8. The predicted molar refractivity (Wildman–Crippen MR) is 131 cm³/mol. The summed E-state index contributed by atoms with van der Waals surface area (Å²) in [5.74, 6) is 3.95. The van der Waals surface area contributed by atoms with Crippen LogP contribution in [0, 0.1) is 0 Å². The highest BCUT2D eigenvalue weighted by molar-refractivity contribution is 5.47. The molecule has 5 rings (SSSR count). The minimum absolute atomic E-state index is 0.261. The molecule has 1 saturated carbocycles. The van der Waals surface area contributed by atoms with Crippen LogP contribution in [0.2, 0.25) is 0 Å². The number of para-hydroxylation sites is 1. The van der Waals surface area contributed by atoms with Crippen molar-refractivity contribution in [2.24, 2.45) is 0 Å². The zero-order valence-electron chi connectivity index (χ0n) is 19.3. The molecule has 0 atom stereocenters. The molecule has 1 aromatic heterocycles. The molecule has 0 bridgehead atoms. The Balaban J connectivity index is 1.32. The van der Waals surface area contributed by atoms with Crippen LogP contribution in [-0.4, -0.2) is 34.9 Å². The molecule has 9 heteroatoms. The maximum atomic E-state index is 5.49. The molecule has 34 heavy (non-hydrogen) atoms. The van der Waals surface area contributed by atoms with Crippen LogP contribution in [0.5, 0.6) is 17.2 Å². The lowest BCUT2D eigenvalue weighted by Gasteiger charge is -2.23. The zero-order chi connectivity index (χ0) is 23.2. The predicted octanol–water partition coefficient (Wildman–Crippen LogP) is 4.58. The molecule has 3 aromatic rings. The average Bonchev–Trinajstić information content (AvgIpc) is 3.35. The van der Waals surface area contributed by atoms with Crippen LogP contribution in [0.25, 0.3) is 0 Å². The van der Waals surface area contributed by atoms with Gasteiger partial charge in [0.1, 0.15) is 5.75 Å². The summed E-state index contributed by atoms with van der Waals surface area (Å²) >= 11 is 0. The van der Waals surface area contributed by atoms with E-state index >= 15 is 0 Å². The Bertz CT molecular complexity index is 1120. The number of methoxy groups -OCH3 is 1. The number of nitrogens with zero attached hydrogens (tertiary/aromatic N) is 3. The third-order valence-electron chi connectivity index (χ3n) is 6.09. The number of hydrogen-bond acceptors (Lipinski definition) is 9. The summed E-state index contributed by atoms with van der Waals surface area (Å²) in [6.07, 6.45) is 6.03. The van der Waals surface area contributed by atoms with E-state index in [0.717, 1.165) is 41.2 Å². The number of fused-ring (bicyclic) bond motifs is 1. The first kappa shape index (κ1) is 22.1. The van der Waals surface area contributed by atoms with Crippen LogP contribution in [0.4, 0.5) is 17.8 Å². The summed E-state index contributed by atoms with van der Waals surface area (Å²) in [6, 6.07) is 14.2. The van der Waals surface area contributed by atoms with Crippen molar-refractivity contribution in [1.29, 1.82) is 0 Å². The Morgan fingerprint density at radius 2 is 1.59 bits per heavy atom. The van der Waals surface area contributed by atoms with E-state index in [9.17, 15) is 0 Å². The van der Waals surface area contributed by atoms with Gasteiger partial charge in [-0.15, -0.1) is 0 Å². The monoisotopic (exact) mass is 462 g/mol. The molecular formula is C25H30N6O3. The summed E-state index contributed by atoms with van der Waals surface area (Å²) < 4.78 is 16.3. The highest BCUT2D eigenvalue weighted by Gasteiger charge is 2.17. The van der Waals surface area contributed by atoms with Gasteiger partial charge in [-0.2, -0.15) is 15.0 Å². The fraction of sp³-hybridized carbons (Fsp3) is 0.400. The van der Waals surface area contributed by atoms with Crippen molar-refractivity contribution in [2.45, 2.75) is 51.2 Å². The maximum absolute atomic E-state index is 5.49. The number of benzene rings is 2. The Kier molecular flexibility index (Phi) is 6.78. The van der Waals surface area contributed by atoms with Gasteiger partial charge in [0.2, 0.25) is 24.6 Å². The van der Waals surface area contributed by atoms with Gasteiger partial charge in [-0.05, 0) is 36.6 Å². The van der Waals surface area contributed by atoms with Crippen LogP contribution in [0.15, 0.2) is 42.5 Å². The van der Waals surface area contributed by atoms with Gasteiger partial charge in [0.25, 0.3) is 0 Å². The molecule has 178 valence electrons. The van der Waals surface area contributed by atoms with E-state index in [1.807, 2.05) is 42.5 Å². The minimum atomic E-state index is 0.261. The smallest absolute Gasteiger partial charge is 0.231 e. The van der Waals surface area contributed by atoms with Gasteiger partial charge < -0.3 is 30.2 Å². The summed E-state index contributed by atoms with van der Waals surface area (Å²) in [7, 11) is 1.67. The van der Waals surface area contributed by atoms with E-state index in [2.05, 4.69) is 30.9 Å². The van der Waals surface area contributed by atoms with E-state index in [-0.39, 0.29) is 6.79 Å². The number of anilines is 3. The van der Waals surface area contributed by atoms with Gasteiger partial charge in [-0.3, -0.25) is 0 Å². The topological polar surface area (TPSA) is 102 Å². The highest BCUT2D eigenvalue weighted by Crippen LogP contribution is 2.32. The van der Waals surface area contributed by atoms with Crippen molar-refractivity contribution in [3.63, 3.8) is 0 Å². The van der Waals surface area contributed by atoms with E-state index in [4.69, 9.17) is 14.2 Å². The molecule has 0 unspecified atom stereocenters. The van der Waals surface area contributed by atoms with Gasteiger partial charge in [0.15, 0.2) is 11.5 Å². The van der Waals surface area contributed by atoms with E-state index < -0.39 is 0 Å². The molecule has 1 aliphatic heterocycles. The number of nitrogens with one attached hydrogen (secondary N) is 3. The summed E-state index contributed by atoms with van der Waals surface area (Å²) in [6.45, 7) is 1.35. The van der Waals surface area contributed by atoms with Crippen LogP contribution in [0.1, 0.15) is 43.2 Å². The lowest BCUT2D eigenvalue weighted by Crippen LogP contribution is -2.24. The number of hydrogen-bond donors (Lipinski definition) is 3. The van der Waals surface area contributed by atoms with Crippen LogP contribution < -0.4 is 30.2 Å². The fourth-order valence-corrected chi connectivity index (χ4v) is 4.28. The second kappa shape index (κ2) is 10.5. The van der Waals surface area contributed by atoms with Gasteiger partial charge in [-0.1, -0.05) is 43.5 Å². The van der Waals surface area contributed by atoms with Crippen molar-refractivity contribution >= 4 is 17.8 Å². The first-order valence-corrected chi connectivity index (χ1v) is 11.8. The SMILES string of the molecule is COc1ccccc1CNc1nc(NCc2ccc3c(c2)OCO3)nc(NC2CCCCC2)n1. The average molecular weight is 463 g/mol. The molecule has 0 saturated heterocycles.